The Kier molecular flexibility index (Phi) is 4.57. The van der Waals surface area contributed by atoms with Gasteiger partial charge < -0.3 is 10.1 Å². The molecule has 0 aliphatic heterocycles. The first-order valence-corrected chi connectivity index (χ1v) is 7.86. The molecule has 0 aliphatic rings. The van der Waals surface area contributed by atoms with E-state index >= 15 is 0 Å². The Labute approximate surface area is 142 Å². The normalized spacial score (nSPS) is 10.6. The number of methoxy groups -OCH3 is 1. The topological polar surface area (TPSA) is 64.9 Å². The second kappa shape index (κ2) is 6.78. The van der Waals surface area contributed by atoms with E-state index in [1.54, 1.807) is 18.0 Å². The van der Waals surface area contributed by atoms with Gasteiger partial charge in [0.15, 0.2) is 0 Å². The van der Waals surface area contributed by atoms with Crippen LogP contribution in [0.25, 0.3) is 5.69 Å². The van der Waals surface area contributed by atoms with Crippen molar-refractivity contribution >= 4 is 21.6 Å². The van der Waals surface area contributed by atoms with Crippen molar-refractivity contribution < 1.29 is 4.74 Å². The molecule has 0 atom stereocenters. The fourth-order valence-electron chi connectivity index (χ4n) is 2.14. The summed E-state index contributed by atoms with van der Waals surface area (Å²) in [7, 11) is 1.64. The zero-order valence-electron chi connectivity index (χ0n) is 12.8. The molecule has 23 heavy (non-hydrogen) atoms. The van der Waals surface area contributed by atoms with Gasteiger partial charge in [-0.3, -0.25) is 4.98 Å². The van der Waals surface area contributed by atoms with Crippen LogP contribution in [0, 0.1) is 6.92 Å². The molecule has 0 saturated carbocycles. The molecule has 3 rings (SSSR count). The minimum atomic E-state index is 0.594. The van der Waals surface area contributed by atoms with Crippen LogP contribution in [0.15, 0.2) is 47.2 Å². The van der Waals surface area contributed by atoms with E-state index in [1.165, 1.54) is 0 Å². The number of nitrogens with zero attached hydrogens (tertiary/aromatic N) is 4. The minimum Gasteiger partial charge on any atom is -0.495 e. The van der Waals surface area contributed by atoms with Crippen LogP contribution >= 0.6 is 15.9 Å². The van der Waals surface area contributed by atoms with Crippen LogP contribution < -0.4 is 10.1 Å². The van der Waals surface area contributed by atoms with Crippen LogP contribution in [0.1, 0.15) is 11.4 Å². The van der Waals surface area contributed by atoms with E-state index in [-0.39, 0.29) is 0 Å². The van der Waals surface area contributed by atoms with Gasteiger partial charge in [0.1, 0.15) is 11.4 Å². The van der Waals surface area contributed by atoms with E-state index in [9.17, 15) is 0 Å². The maximum atomic E-state index is 5.30. The number of hydrogen-bond acceptors (Lipinski definition) is 5. The van der Waals surface area contributed by atoms with Gasteiger partial charge in [0.25, 0.3) is 0 Å². The van der Waals surface area contributed by atoms with Crippen molar-refractivity contribution in [3.8, 4) is 11.4 Å². The van der Waals surface area contributed by atoms with E-state index in [4.69, 9.17) is 4.74 Å². The van der Waals surface area contributed by atoms with Crippen molar-refractivity contribution in [2.24, 2.45) is 0 Å². The molecule has 0 spiro atoms. The van der Waals surface area contributed by atoms with E-state index in [1.807, 2.05) is 43.5 Å². The van der Waals surface area contributed by atoms with Crippen molar-refractivity contribution in [1.82, 2.24) is 20.0 Å². The standard InChI is InChI=1S/C16H16BrN5O/c1-11-7-12(5-6-18-11)19-9-13-10-22(21-20-13)14-3-4-15(17)16(8-14)23-2/h3-8,10H,9H2,1-2H3,(H,18,19). The fourth-order valence-corrected chi connectivity index (χ4v) is 2.55. The highest BCUT2D eigenvalue weighted by atomic mass is 79.9. The number of hydrogen-bond donors (Lipinski definition) is 1. The lowest BCUT2D eigenvalue weighted by Crippen LogP contribution is -2.00. The third-order valence-electron chi connectivity index (χ3n) is 3.31. The lowest BCUT2D eigenvalue weighted by molar-refractivity contribution is 0.412. The lowest BCUT2D eigenvalue weighted by Gasteiger charge is -2.06. The second-order valence-electron chi connectivity index (χ2n) is 5.01. The largest absolute Gasteiger partial charge is 0.495 e. The van der Waals surface area contributed by atoms with Crippen LogP contribution in [-0.4, -0.2) is 27.1 Å². The van der Waals surface area contributed by atoms with Crippen LogP contribution in [-0.2, 0) is 6.54 Å². The Morgan fingerprint density at radius 1 is 1.26 bits per heavy atom. The zero-order chi connectivity index (χ0) is 16.2. The predicted octanol–water partition coefficient (Wildman–Crippen LogP) is 3.35. The number of ether oxygens (including phenoxy) is 1. The smallest absolute Gasteiger partial charge is 0.135 e. The first-order valence-electron chi connectivity index (χ1n) is 7.07. The van der Waals surface area contributed by atoms with Crippen LogP contribution in [0.5, 0.6) is 5.75 Å². The van der Waals surface area contributed by atoms with Crippen LogP contribution in [0.2, 0.25) is 0 Å². The Morgan fingerprint density at radius 2 is 2.13 bits per heavy atom. The summed E-state index contributed by atoms with van der Waals surface area (Å²) in [5.74, 6) is 0.755. The molecule has 6 nitrogen and oxygen atoms in total. The van der Waals surface area contributed by atoms with Gasteiger partial charge in [-0.25, -0.2) is 4.68 Å². The molecule has 0 saturated heterocycles. The summed E-state index contributed by atoms with van der Waals surface area (Å²) < 4.78 is 7.93. The summed E-state index contributed by atoms with van der Waals surface area (Å²) in [5, 5.41) is 11.7. The van der Waals surface area contributed by atoms with Gasteiger partial charge in [-0.2, -0.15) is 0 Å². The molecule has 1 aromatic carbocycles. The summed E-state index contributed by atoms with van der Waals surface area (Å²) in [6.45, 7) is 2.56. The summed E-state index contributed by atoms with van der Waals surface area (Å²) in [6, 6.07) is 9.70. The first-order chi connectivity index (χ1) is 11.2. The monoisotopic (exact) mass is 373 g/mol. The third kappa shape index (κ3) is 3.68. The summed E-state index contributed by atoms with van der Waals surface area (Å²) >= 11 is 3.44. The molecule has 2 aromatic heterocycles. The number of halogens is 1. The highest BCUT2D eigenvalue weighted by Crippen LogP contribution is 2.26. The molecule has 0 radical (unpaired) electrons. The number of anilines is 1. The molecule has 0 bridgehead atoms. The first kappa shape index (κ1) is 15.5. The molecule has 1 N–H and O–H groups in total. The van der Waals surface area contributed by atoms with Crippen molar-refractivity contribution in [2.45, 2.75) is 13.5 Å². The number of aromatic nitrogens is 4. The van der Waals surface area contributed by atoms with Gasteiger partial charge in [-0.15, -0.1) is 5.10 Å². The minimum absolute atomic E-state index is 0.594. The highest BCUT2D eigenvalue weighted by molar-refractivity contribution is 9.10. The molecule has 7 heteroatoms. The molecule has 2 heterocycles. The van der Waals surface area contributed by atoms with E-state index in [2.05, 4.69) is 36.5 Å². The number of benzene rings is 1. The average Bonchev–Trinajstić information content (AvgIpc) is 3.02. The molecule has 118 valence electrons. The molecule has 0 unspecified atom stereocenters. The summed E-state index contributed by atoms with van der Waals surface area (Å²) in [5.41, 5.74) is 3.72. The molecular formula is C16H16BrN5O. The molecule has 0 amide bonds. The maximum Gasteiger partial charge on any atom is 0.135 e. The summed E-state index contributed by atoms with van der Waals surface area (Å²) in [4.78, 5) is 4.17. The van der Waals surface area contributed by atoms with E-state index in [0.717, 1.165) is 33.0 Å². The third-order valence-corrected chi connectivity index (χ3v) is 3.97. The maximum absolute atomic E-state index is 5.30. The van der Waals surface area contributed by atoms with Gasteiger partial charge in [0.05, 0.1) is 30.0 Å². The summed E-state index contributed by atoms with van der Waals surface area (Å²) in [6.07, 6.45) is 3.67. The zero-order valence-corrected chi connectivity index (χ0v) is 14.4. The Balaban J connectivity index is 1.73. The van der Waals surface area contributed by atoms with Gasteiger partial charge in [-0.1, -0.05) is 5.21 Å². The van der Waals surface area contributed by atoms with Gasteiger partial charge in [-0.05, 0) is 47.1 Å². The van der Waals surface area contributed by atoms with Crippen molar-refractivity contribution in [3.63, 3.8) is 0 Å². The predicted molar refractivity (Wildman–Crippen MR) is 91.9 cm³/mol. The molecular weight excluding hydrogens is 358 g/mol. The molecule has 0 aliphatic carbocycles. The second-order valence-corrected chi connectivity index (χ2v) is 5.87. The van der Waals surface area contributed by atoms with Crippen LogP contribution in [0.4, 0.5) is 5.69 Å². The number of pyridine rings is 1. The SMILES string of the molecule is COc1cc(-n2cc(CNc3ccnc(C)c3)nn2)ccc1Br. The number of nitrogens with one attached hydrogen (secondary N) is 1. The quantitative estimate of drug-likeness (QED) is 0.742. The highest BCUT2D eigenvalue weighted by Gasteiger charge is 2.06. The Hall–Kier alpha value is -2.41. The fraction of sp³-hybridized carbons (Fsp3) is 0.188. The number of rotatable bonds is 5. The number of aryl methyl sites for hydroxylation is 1. The lowest BCUT2D eigenvalue weighted by atomic mass is 10.3. The van der Waals surface area contributed by atoms with Crippen molar-refractivity contribution in [2.75, 3.05) is 12.4 Å². The van der Waals surface area contributed by atoms with Gasteiger partial charge in [0, 0.05) is 23.6 Å². The van der Waals surface area contributed by atoms with Crippen molar-refractivity contribution in [1.29, 1.82) is 0 Å². The van der Waals surface area contributed by atoms with Crippen molar-refractivity contribution in [3.05, 3.63) is 58.6 Å². The van der Waals surface area contributed by atoms with Crippen LogP contribution in [0.3, 0.4) is 0 Å². The average molecular weight is 374 g/mol. The van der Waals surface area contributed by atoms with Gasteiger partial charge >= 0.3 is 0 Å². The molecule has 0 fully saturated rings. The van der Waals surface area contributed by atoms with Gasteiger partial charge in [0.2, 0.25) is 0 Å². The molecule has 3 aromatic rings. The van der Waals surface area contributed by atoms with E-state index < -0.39 is 0 Å². The Bertz CT molecular complexity index is 818. The van der Waals surface area contributed by atoms with E-state index in [0.29, 0.717) is 6.54 Å². The Morgan fingerprint density at radius 3 is 2.91 bits per heavy atom.